The molecule has 2 heterocycles. The van der Waals surface area contributed by atoms with Crippen LogP contribution in [0.4, 0.5) is 0 Å². The van der Waals surface area contributed by atoms with Crippen LogP contribution in [0.25, 0.3) is 0 Å². The summed E-state index contributed by atoms with van der Waals surface area (Å²) >= 11 is 10.6. The number of aromatic nitrogens is 2. The lowest BCUT2D eigenvalue weighted by molar-refractivity contribution is 0.697. The fourth-order valence-electron chi connectivity index (χ4n) is 1.20. The minimum absolute atomic E-state index is 0.522. The molecule has 0 aliphatic heterocycles. The van der Waals surface area contributed by atoms with E-state index in [1.54, 1.807) is 12.3 Å². The van der Waals surface area contributed by atoms with E-state index in [1.165, 1.54) is 16.4 Å². The van der Waals surface area contributed by atoms with Crippen LogP contribution in [0.2, 0.25) is 5.15 Å². The van der Waals surface area contributed by atoms with Crippen molar-refractivity contribution in [3.63, 3.8) is 0 Å². The molecule has 0 saturated carbocycles. The quantitative estimate of drug-likeness (QED) is 0.879. The number of nitrogens with one attached hydrogen (secondary N) is 1. The normalized spacial score (nSPS) is 10.6. The van der Waals surface area contributed by atoms with Gasteiger partial charge in [0.2, 0.25) is 0 Å². The molecule has 6 heteroatoms. The van der Waals surface area contributed by atoms with Gasteiger partial charge >= 0.3 is 0 Å². The lowest BCUT2D eigenvalue weighted by Gasteiger charge is -2.03. The first kappa shape index (κ1) is 12.0. The molecule has 0 aromatic carbocycles. The molecule has 1 N–H and O–H groups in total. The summed E-state index contributed by atoms with van der Waals surface area (Å²) in [5.41, 5.74) is 1.12. The minimum Gasteiger partial charge on any atom is -0.308 e. The summed E-state index contributed by atoms with van der Waals surface area (Å²) in [6.07, 6.45) is 3.59. The third-order valence-electron chi connectivity index (χ3n) is 2.00. The highest BCUT2D eigenvalue weighted by Crippen LogP contribution is 2.19. The van der Waals surface area contributed by atoms with Crippen LogP contribution in [0.1, 0.15) is 10.4 Å². The molecule has 84 valence electrons. The third-order valence-corrected chi connectivity index (χ3v) is 3.96. The lowest BCUT2D eigenvalue weighted by Crippen LogP contribution is -2.12. The molecule has 0 amide bonds. The zero-order chi connectivity index (χ0) is 11.4. The van der Waals surface area contributed by atoms with Gasteiger partial charge in [-0.05, 0) is 39.1 Å². The third kappa shape index (κ3) is 3.25. The summed E-state index contributed by atoms with van der Waals surface area (Å²) in [5, 5.41) is 3.84. The maximum absolute atomic E-state index is 5.70. The van der Waals surface area contributed by atoms with Crippen LogP contribution in [0.15, 0.2) is 29.0 Å². The molecule has 0 unspecified atom stereocenters. The molecular formula is C10H9BrClN3S. The summed E-state index contributed by atoms with van der Waals surface area (Å²) in [6.45, 7) is 1.57. The Kier molecular flexibility index (Phi) is 4.29. The number of pyridine rings is 1. The molecule has 2 aromatic heterocycles. The van der Waals surface area contributed by atoms with Crippen LogP contribution in [0, 0.1) is 0 Å². The molecule has 0 radical (unpaired) electrons. The molecule has 16 heavy (non-hydrogen) atoms. The Labute approximate surface area is 111 Å². The van der Waals surface area contributed by atoms with Crippen molar-refractivity contribution in [3.8, 4) is 0 Å². The van der Waals surface area contributed by atoms with Crippen LogP contribution >= 0.6 is 39.1 Å². The second kappa shape index (κ2) is 5.72. The Balaban J connectivity index is 1.84. The summed E-state index contributed by atoms with van der Waals surface area (Å²) in [4.78, 5) is 5.21. The van der Waals surface area contributed by atoms with E-state index < -0.39 is 0 Å². The van der Waals surface area contributed by atoms with E-state index in [1.807, 2.05) is 12.3 Å². The van der Waals surface area contributed by atoms with Gasteiger partial charge in [-0.2, -0.15) is 4.37 Å². The average Bonchev–Trinajstić information content (AvgIpc) is 2.68. The molecule has 0 spiro atoms. The van der Waals surface area contributed by atoms with E-state index >= 15 is 0 Å². The van der Waals surface area contributed by atoms with Gasteiger partial charge in [0.1, 0.15) is 5.15 Å². The molecule has 0 aliphatic rings. The second-order valence-corrected chi connectivity index (χ2v) is 5.32. The molecule has 0 bridgehead atoms. The average molecular weight is 319 g/mol. The Hall–Kier alpha value is -0.490. The molecule has 2 rings (SSSR count). The zero-order valence-corrected chi connectivity index (χ0v) is 11.4. The van der Waals surface area contributed by atoms with Gasteiger partial charge in [0, 0.05) is 19.3 Å². The van der Waals surface area contributed by atoms with Crippen LogP contribution < -0.4 is 5.32 Å². The predicted molar refractivity (Wildman–Crippen MR) is 69.6 cm³/mol. The van der Waals surface area contributed by atoms with E-state index in [0.29, 0.717) is 5.15 Å². The molecule has 2 aromatic rings. The van der Waals surface area contributed by atoms with Gasteiger partial charge in [-0.3, -0.25) is 0 Å². The maximum Gasteiger partial charge on any atom is 0.129 e. The van der Waals surface area contributed by atoms with E-state index in [0.717, 1.165) is 23.1 Å². The summed E-state index contributed by atoms with van der Waals surface area (Å²) in [6, 6.07) is 3.76. The maximum atomic E-state index is 5.70. The highest BCUT2D eigenvalue weighted by molar-refractivity contribution is 9.10. The number of halogens is 2. The SMILES string of the molecule is Clc1ccc(CNCc2sncc2Br)cn1. The first-order chi connectivity index (χ1) is 7.75. The molecule has 0 fully saturated rings. The van der Waals surface area contributed by atoms with Crippen LogP contribution in [0.3, 0.4) is 0 Å². The minimum atomic E-state index is 0.522. The van der Waals surface area contributed by atoms with Crippen LogP contribution in [0.5, 0.6) is 0 Å². The van der Waals surface area contributed by atoms with Gasteiger partial charge in [-0.25, -0.2) is 4.98 Å². The zero-order valence-electron chi connectivity index (χ0n) is 8.28. The predicted octanol–water partition coefficient (Wildman–Crippen LogP) is 3.24. The standard InChI is InChI=1S/C10H9BrClN3S/c11-8-5-15-16-9(8)6-13-3-7-1-2-10(12)14-4-7/h1-2,4-5,13H,3,6H2. The molecule has 0 aliphatic carbocycles. The van der Waals surface area contributed by atoms with Crippen molar-refractivity contribution in [2.45, 2.75) is 13.1 Å². The smallest absolute Gasteiger partial charge is 0.129 e. The largest absolute Gasteiger partial charge is 0.308 e. The van der Waals surface area contributed by atoms with Crippen LogP contribution in [-0.2, 0) is 13.1 Å². The summed E-state index contributed by atoms with van der Waals surface area (Å²) in [7, 11) is 0. The number of hydrogen-bond donors (Lipinski definition) is 1. The van der Waals surface area contributed by atoms with E-state index in [-0.39, 0.29) is 0 Å². The summed E-state index contributed by atoms with van der Waals surface area (Å²) in [5.74, 6) is 0. The van der Waals surface area contributed by atoms with Crippen molar-refractivity contribution < 1.29 is 0 Å². The van der Waals surface area contributed by atoms with Gasteiger partial charge in [-0.15, -0.1) is 0 Å². The monoisotopic (exact) mass is 317 g/mol. The Bertz CT molecular complexity index is 457. The van der Waals surface area contributed by atoms with Gasteiger partial charge in [0.25, 0.3) is 0 Å². The lowest BCUT2D eigenvalue weighted by atomic mass is 10.3. The van der Waals surface area contributed by atoms with Crippen LogP contribution in [-0.4, -0.2) is 9.36 Å². The molecular weight excluding hydrogens is 310 g/mol. The van der Waals surface area contributed by atoms with Crippen molar-refractivity contribution in [1.82, 2.24) is 14.7 Å². The van der Waals surface area contributed by atoms with Crippen molar-refractivity contribution in [1.29, 1.82) is 0 Å². The topological polar surface area (TPSA) is 37.8 Å². The van der Waals surface area contributed by atoms with Gasteiger partial charge < -0.3 is 5.32 Å². The molecule has 3 nitrogen and oxygen atoms in total. The first-order valence-electron chi connectivity index (χ1n) is 4.66. The summed E-state index contributed by atoms with van der Waals surface area (Å²) < 4.78 is 5.14. The van der Waals surface area contributed by atoms with Crippen molar-refractivity contribution in [3.05, 3.63) is 44.6 Å². The molecule has 0 atom stereocenters. The number of rotatable bonds is 4. The Morgan fingerprint density at radius 2 is 2.19 bits per heavy atom. The van der Waals surface area contributed by atoms with E-state index in [4.69, 9.17) is 11.6 Å². The van der Waals surface area contributed by atoms with E-state index in [2.05, 4.69) is 30.6 Å². The fourth-order valence-corrected chi connectivity index (χ4v) is 2.50. The van der Waals surface area contributed by atoms with Crippen molar-refractivity contribution in [2.75, 3.05) is 0 Å². The molecule has 0 saturated heterocycles. The Morgan fingerprint density at radius 1 is 1.31 bits per heavy atom. The van der Waals surface area contributed by atoms with Crippen molar-refractivity contribution in [2.24, 2.45) is 0 Å². The van der Waals surface area contributed by atoms with Crippen molar-refractivity contribution >= 4 is 39.1 Å². The fraction of sp³-hybridized carbons (Fsp3) is 0.200. The highest BCUT2D eigenvalue weighted by Gasteiger charge is 2.01. The second-order valence-electron chi connectivity index (χ2n) is 3.19. The highest BCUT2D eigenvalue weighted by atomic mass is 79.9. The van der Waals surface area contributed by atoms with Gasteiger partial charge in [-0.1, -0.05) is 17.7 Å². The van der Waals surface area contributed by atoms with E-state index in [9.17, 15) is 0 Å². The first-order valence-corrected chi connectivity index (χ1v) is 6.60. The number of nitrogens with zero attached hydrogens (tertiary/aromatic N) is 2. The van der Waals surface area contributed by atoms with Gasteiger partial charge in [0.05, 0.1) is 15.5 Å². The number of hydrogen-bond acceptors (Lipinski definition) is 4. The Morgan fingerprint density at radius 3 is 2.81 bits per heavy atom. The van der Waals surface area contributed by atoms with Gasteiger partial charge in [0.15, 0.2) is 0 Å².